The molecule has 0 aliphatic carbocycles. The average molecular weight is 356 g/mol. The molecule has 1 aromatic heterocycles. The largest absolute Gasteiger partial charge is 0.324 e. The summed E-state index contributed by atoms with van der Waals surface area (Å²) in [7, 11) is 0. The van der Waals surface area contributed by atoms with Crippen LogP contribution in [0.5, 0.6) is 0 Å². The fourth-order valence-electron chi connectivity index (χ4n) is 2.46. The fourth-order valence-corrected chi connectivity index (χ4v) is 2.58. The number of tetrazole rings is 1. The number of carbonyl (C=O) groups is 1. The van der Waals surface area contributed by atoms with Gasteiger partial charge in [-0.15, -0.1) is 10.2 Å². The van der Waals surface area contributed by atoms with Gasteiger partial charge in [-0.1, -0.05) is 43.6 Å². The second kappa shape index (κ2) is 7.44. The molecule has 0 saturated carbocycles. The lowest BCUT2D eigenvalue weighted by Gasteiger charge is -2.13. The van der Waals surface area contributed by atoms with Crippen molar-refractivity contribution < 1.29 is 4.79 Å². The van der Waals surface area contributed by atoms with Gasteiger partial charge in [-0.05, 0) is 47.0 Å². The third kappa shape index (κ3) is 4.22. The molecule has 0 fully saturated rings. The Balaban J connectivity index is 1.69. The summed E-state index contributed by atoms with van der Waals surface area (Å²) in [6, 6.07) is 14.9. The maximum atomic E-state index is 12.3. The number of halogens is 1. The zero-order valence-corrected chi connectivity index (χ0v) is 14.7. The van der Waals surface area contributed by atoms with Crippen molar-refractivity contribution in [2.45, 2.75) is 26.3 Å². The van der Waals surface area contributed by atoms with Crippen LogP contribution >= 0.6 is 11.6 Å². The van der Waals surface area contributed by atoms with E-state index in [-0.39, 0.29) is 12.5 Å². The monoisotopic (exact) mass is 355 g/mol. The standard InChI is InChI=1S/C18H18ClN5O/c1-12(2)15-5-3-4-6-16(15)20-17(25)11-24-22-18(21-23-24)13-7-9-14(19)10-8-13/h3-10,12H,11H2,1-2H3,(H,20,25). The smallest absolute Gasteiger partial charge is 0.248 e. The molecular weight excluding hydrogens is 338 g/mol. The first-order valence-electron chi connectivity index (χ1n) is 7.95. The molecule has 0 atom stereocenters. The number of amides is 1. The SMILES string of the molecule is CC(C)c1ccccc1NC(=O)Cn1nnc(-c2ccc(Cl)cc2)n1. The number of para-hydroxylation sites is 1. The summed E-state index contributed by atoms with van der Waals surface area (Å²) in [4.78, 5) is 13.6. The number of rotatable bonds is 5. The zero-order valence-electron chi connectivity index (χ0n) is 14.0. The van der Waals surface area contributed by atoms with E-state index in [1.165, 1.54) is 4.80 Å². The van der Waals surface area contributed by atoms with Crippen LogP contribution in [-0.4, -0.2) is 26.1 Å². The molecule has 3 rings (SSSR count). The lowest BCUT2D eigenvalue weighted by atomic mass is 10.0. The Morgan fingerprint density at radius 3 is 2.60 bits per heavy atom. The number of anilines is 1. The Labute approximate surface area is 150 Å². The summed E-state index contributed by atoms with van der Waals surface area (Å²) in [6.07, 6.45) is 0. The zero-order chi connectivity index (χ0) is 17.8. The maximum absolute atomic E-state index is 12.3. The molecule has 0 unspecified atom stereocenters. The van der Waals surface area contributed by atoms with Crippen LogP contribution < -0.4 is 5.32 Å². The van der Waals surface area contributed by atoms with Crippen LogP contribution in [0.4, 0.5) is 5.69 Å². The third-order valence-corrected chi connectivity index (χ3v) is 3.95. The van der Waals surface area contributed by atoms with E-state index in [0.717, 1.165) is 16.8 Å². The molecule has 7 heteroatoms. The summed E-state index contributed by atoms with van der Waals surface area (Å²) in [6.45, 7) is 4.16. The molecule has 128 valence electrons. The predicted molar refractivity (Wildman–Crippen MR) is 97.4 cm³/mol. The van der Waals surface area contributed by atoms with E-state index in [1.54, 1.807) is 12.1 Å². The molecule has 25 heavy (non-hydrogen) atoms. The summed E-state index contributed by atoms with van der Waals surface area (Å²) < 4.78 is 0. The lowest BCUT2D eigenvalue weighted by Crippen LogP contribution is -2.21. The van der Waals surface area contributed by atoms with Gasteiger partial charge in [-0.3, -0.25) is 4.79 Å². The molecule has 0 spiro atoms. The number of hydrogen-bond donors (Lipinski definition) is 1. The molecule has 0 bridgehead atoms. The van der Waals surface area contributed by atoms with E-state index in [1.807, 2.05) is 36.4 Å². The summed E-state index contributed by atoms with van der Waals surface area (Å²) in [5, 5.41) is 15.7. The van der Waals surface area contributed by atoms with Crippen LogP contribution in [0.25, 0.3) is 11.4 Å². The van der Waals surface area contributed by atoms with Gasteiger partial charge in [-0.2, -0.15) is 4.80 Å². The molecule has 6 nitrogen and oxygen atoms in total. The quantitative estimate of drug-likeness (QED) is 0.756. The minimum Gasteiger partial charge on any atom is -0.324 e. The van der Waals surface area contributed by atoms with Crippen molar-refractivity contribution in [2.75, 3.05) is 5.32 Å². The van der Waals surface area contributed by atoms with Crippen LogP contribution in [0.1, 0.15) is 25.3 Å². The predicted octanol–water partition coefficient (Wildman–Crippen LogP) is 3.76. The molecule has 1 heterocycles. The molecule has 0 saturated heterocycles. The summed E-state index contributed by atoms with van der Waals surface area (Å²) >= 11 is 5.87. The molecule has 2 aromatic carbocycles. The second-order valence-electron chi connectivity index (χ2n) is 5.94. The lowest BCUT2D eigenvalue weighted by molar-refractivity contribution is -0.117. The van der Waals surface area contributed by atoms with Crippen molar-refractivity contribution in [1.29, 1.82) is 0 Å². The molecule has 1 N–H and O–H groups in total. The van der Waals surface area contributed by atoms with Crippen molar-refractivity contribution in [3.8, 4) is 11.4 Å². The highest BCUT2D eigenvalue weighted by atomic mass is 35.5. The van der Waals surface area contributed by atoms with Crippen LogP contribution in [0.15, 0.2) is 48.5 Å². The molecular formula is C18H18ClN5O. The van der Waals surface area contributed by atoms with Crippen molar-refractivity contribution in [3.63, 3.8) is 0 Å². The van der Waals surface area contributed by atoms with Gasteiger partial charge < -0.3 is 5.32 Å². The van der Waals surface area contributed by atoms with Crippen LogP contribution in [0.3, 0.4) is 0 Å². The topological polar surface area (TPSA) is 72.7 Å². The van der Waals surface area contributed by atoms with Crippen molar-refractivity contribution in [2.24, 2.45) is 0 Å². The van der Waals surface area contributed by atoms with Crippen LogP contribution in [-0.2, 0) is 11.3 Å². The Morgan fingerprint density at radius 2 is 1.88 bits per heavy atom. The van der Waals surface area contributed by atoms with Gasteiger partial charge in [0.1, 0.15) is 6.54 Å². The first kappa shape index (κ1) is 17.1. The molecule has 3 aromatic rings. The minimum atomic E-state index is -0.201. The number of benzene rings is 2. The van der Waals surface area contributed by atoms with Gasteiger partial charge in [0, 0.05) is 16.3 Å². The Hall–Kier alpha value is -2.73. The van der Waals surface area contributed by atoms with Crippen molar-refractivity contribution in [1.82, 2.24) is 20.2 Å². The number of carbonyl (C=O) groups excluding carboxylic acids is 1. The Kier molecular flexibility index (Phi) is 5.09. The third-order valence-electron chi connectivity index (χ3n) is 3.70. The normalized spacial score (nSPS) is 10.9. The summed E-state index contributed by atoms with van der Waals surface area (Å²) in [5.41, 5.74) is 2.69. The van der Waals surface area contributed by atoms with E-state index in [9.17, 15) is 4.79 Å². The van der Waals surface area contributed by atoms with Crippen LogP contribution in [0.2, 0.25) is 5.02 Å². The van der Waals surface area contributed by atoms with Crippen molar-refractivity contribution >= 4 is 23.2 Å². The number of nitrogens with zero attached hydrogens (tertiary/aromatic N) is 4. The van der Waals surface area contributed by atoms with Gasteiger partial charge in [0.05, 0.1) is 0 Å². The fraction of sp³-hybridized carbons (Fsp3) is 0.222. The average Bonchev–Trinajstić information content (AvgIpc) is 3.04. The minimum absolute atomic E-state index is 0.00693. The van der Waals surface area contributed by atoms with Gasteiger partial charge in [0.25, 0.3) is 0 Å². The number of nitrogens with one attached hydrogen (secondary N) is 1. The number of aromatic nitrogens is 4. The first-order chi connectivity index (χ1) is 12.0. The Bertz CT molecular complexity index is 873. The highest BCUT2D eigenvalue weighted by Gasteiger charge is 2.12. The van der Waals surface area contributed by atoms with Crippen molar-refractivity contribution in [3.05, 3.63) is 59.1 Å². The first-order valence-corrected chi connectivity index (χ1v) is 8.33. The number of hydrogen-bond acceptors (Lipinski definition) is 4. The van der Waals surface area contributed by atoms with E-state index in [0.29, 0.717) is 16.8 Å². The Morgan fingerprint density at radius 1 is 1.16 bits per heavy atom. The molecule has 0 aliphatic heterocycles. The highest BCUT2D eigenvalue weighted by molar-refractivity contribution is 6.30. The molecule has 1 amide bonds. The highest BCUT2D eigenvalue weighted by Crippen LogP contribution is 2.23. The maximum Gasteiger partial charge on any atom is 0.248 e. The van der Waals surface area contributed by atoms with Gasteiger partial charge in [0.15, 0.2) is 0 Å². The van der Waals surface area contributed by atoms with Gasteiger partial charge in [0.2, 0.25) is 11.7 Å². The van der Waals surface area contributed by atoms with Gasteiger partial charge >= 0.3 is 0 Å². The summed E-state index contributed by atoms with van der Waals surface area (Å²) in [5.74, 6) is 0.567. The van der Waals surface area contributed by atoms with Crippen LogP contribution in [0, 0.1) is 0 Å². The molecule has 0 radical (unpaired) electrons. The second-order valence-corrected chi connectivity index (χ2v) is 6.38. The van der Waals surface area contributed by atoms with E-state index >= 15 is 0 Å². The van der Waals surface area contributed by atoms with E-state index < -0.39 is 0 Å². The van der Waals surface area contributed by atoms with E-state index in [2.05, 4.69) is 34.6 Å². The van der Waals surface area contributed by atoms with Gasteiger partial charge in [-0.25, -0.2) is 0 Å². The molecule has 0 aliphatic rings. The van der Waals surface area contributed by atoms with E-state index in [4.69, 9.17) is 11.6 Å².